The third-order valence-corrected chi connectivity index (χ3v) is 6.13. The summed E-state index contributed by atoms with van der Waals surface area (Å²) >= 11 is 0. The molecular weight excluding hydrogens is 358 g/mol. The SMILES string of the molecule is CC1(c2c[nH]c3ccccc23)Oc2ccccc2C2CC(c3ccccc3)=NN21. The molecule has 0 fully saturated rings. The number of hydrogen-bond donors (Lipinski definition) is 1. The molecular formula is C25H21N3O. The van der Waals surface area contributed by atoms with Crippen LogP contribution in [0.25, 0.3) is 10.9 Å². The number of benzene rings is 3. The number of aromatic nitrogens is 1. The Morgan fingerprint density at radius 1 is 0.966 bits per heavy atom. The van der Waals surface area contributed by atoms with E-state index in [1.165, 1.54) is 11.1 Å². The number of para-hydroxylation sites is 2. The normalized spacial score (nSPS) is 22.7. The van der Waals surface area contributed by atoms with Gasteiger partial charge in [-0.15, -0.1) is 0 Å². The van der Waals surface area contributed by atoms with Gasteiger partial charge >= 0.3 is 0 Å². The Morgan fingerprint density at radius 2 is 1.72 bits per heavy atom. The fourth-order valence-electron chi connectivity index (χ4n) is 4.69. The summed E-state index contributed by atoms with van der Waals surface area (Å²) in [6.45, 7) is 2.13. The van der Waals surface area contributed by atoms with Crippen molar-refractivity contribution >= 4 is 16.6 Å². The fraction of sp³-hybridized carbons (Fsp3) is 0.160. The van der Waals surface area contributed by atoms with Crippen LogP contribution in [0.3, 0.4) is 0 Å². The Hall–Kier alpha value is -3.53. The Morgan fingerprint density at radius 3 is 2.62 bits per heavy atom. The second-order valence-corrected chi connectivity index (χ2v) is 7.85. The molecule has 4 nitrogen and oxygen atoms in total. The van der Waals surface area contributed by atoms with Gasteiger partial charge < -0.3 is 9.72 Å². The zero-order valence-corrected chi connectivity index (χ0v) is 16.2. The molecule has 3 aromatic carbocycles. The van der Waals surface area contributed by atoms with Crippen LogP contribution in [-0.2, 0) is 5.72 Å². The van der Waals surface area contributed by atoms with Crippen molar-refractivity contribution in [3.8, 4) is 5.75 Å². The highest BCUT2D eigenvalue weighted by molar-refractivity contribution is 6.02. The van der Waals surface area contributed by atoms with Crippen LogP contribution in [0.4, 0.5) is 0 Å². The Bertz CT molecular complexity index is 1240. The van der Waals surface area contributed by atoms with Crippen molar-refractivity contribution < 1.29 is 4.74 Å². The summed E-state index contributed by atoms with van der Waals surface area (Å²) in [6.07, 6.45) is 2.92. The molecule has 0 amide bonds. The maximum absolute atomic E-state index is 6.67. The fourth-order valence-corrected chi connectivity index (χ4v) is 4.69. The molecule has 1 aromatic heterocycles. The topological polar surface area (TPSA) is 40.6 Å². The van der Waals surface area contributed by atoms with Crippen LogP contribution >= 0.6 is 0 Å². The quantitative estimate of drug-likeness (QED) is 0.494. The van der Waals surface area contributed by atoms with E-state index in [-0.39, 0.29) is 6.04 Å². The van der Waals surface area contributed by atoms with Gasteiger partial charge in [-0.2, -0.15) is 5.10 Å². The number of fused-ring (bicyclic) bond motifs is 4. The van der Waals surface area contributed by atoms with Gasteiger partial charge in [-0.25, -0.2) is 5.01 Å². The number of nitrogens with one attached hydrogen (secondary N) is 1. The summed E-state index contributed by atoms with van der Waals surface area (Å²) in [4.78, 5) is 3.40. The van der Waals surface area contributed by atoms with Crippen molar-refractivity contribution in [1.29, 1.82) is 0 Å². The summed E-state index contributed by atoms with van der Waals surface area (Å²) in [5, 5.41) is 8.43. The molecule has 0 bridgehead atoms. The van der Waals surface area contributed by atoms with E-state index in [1.807, 2.05) is 18.2 Å². The predicted octanol–water partition coefficient (Wildman–Crippen LogP) is 5.58. The molecule has 6 rings (SSSR count). The molecule has 0 saturated carbocycles. The van der Waals surface area contributed by atoms with Crippen molar-refractivity contribution in [2.45, 2.75) is 25.1 Å². The van der Waals surface area contributed by atoms with E-state index in [9.17, 15) is 0 Å². The molecule has 0 saturated heterocycles. The first kappa shape index (κ1) is 16.4. The highest BCUT2D eigenvalue weighted by Gasteiger charge is 2.49. The Labute approximate surface area is 169 Å². The minimum atomic E-state index is -0.699. The minimum absolute atomic E-state index is 0.147. The van der Waals surface area contributed by atoms with Crippen LogP contribution in [-0.4, -0.2) is 15.7 Å². The molecule has 0 spiro atoms. The maximum Gasteiger partial charge on any atom is 0.223 e. The highest BCUT2D eigenvalue weighted by Crippen LogP contribution is 2.51. The maximum atomic E-state index is 6.67. The van der Waals surface area contributed by atoms with E-state index in [2.05, 4.69) is 83.8 Å². The summed E-state index contributed by atoms with van der Waals surface area (Å²) in [5.41, 5.74) is 4.97. The smallest absolute Gasteiger partial charge is 0.223 e. The first-order valence-electron chi connectivity index (χ1n) is 10.0. The first-order chi connectivity index (χ1) is 14.2. The van der Waals surface area contributed by atoms with Crippen LogP contribution in [0.1, 0.15) is 36.1 Å². The van der Waals surface area contributed by atoms with Gasteiger partial charge in [0.15, 0.2) is 0 Å². The predicted molar refractivity (Wildman–Crippen MR) is 115 cm³/mol. The van der Waals surface area contributed by atoms with Gasteiger partial charge in [0, 0.05) is 41.6 Å². The number of ether oxygens (including phenoxy) is 1. The molecule has 29 heavy (non-hydrogen) atoms. The number of hydrogen-bond acceptors (Lipinski definition) is 3. The van der Waals surface area contributed by atoms with Crippen LogP contribution < -0.4 is 4.74 Å². The average Bonchev–Trinajstić information content (AvgIpc) is 3.40. The third-order valence-electron chi connectivity index (χ3n) is 6.13. The van der Waals surface area contributed by atoms with Crippen LogP contribution in [0.15, 0.2) is 90.2 Å². The molecule has 0 aliphatic carbocycles. The lowest BCUT2D eigenvalue weighted by atomic mass is 9.92. The second-order valence-electron chi connectivity index (χ2n) is 7.85. The molecule has 2 atom stereocenters. The van der Waals surface area contributed by atoms with E-state index in [0.717, 1.165) is 34.3 Å². The number of aromatic amines is 1. The summed E-state index contributed by atoms with van der Waals surface area (Å²) in [6, 6.07) is 27.3. The monoisotopic (exact) mass is 379 g/mol. The second kappa shape index (κ2) is 5.98. The summed E-state index contributed by atoms with van der Waals surface area (Å²) < 4.78 is 6.67. The Kier molecular flexibility index (Phi) is 3.39. The molecule has 4 heteroatoms. The lowest BCUT2D eigenvalue weighted by Crippen LogP contribution is -2.48. The van der Waals surface area contributed by atoms with Crippen molar-refractivity contribution in [1.82, 2.24) is 9.99 Å². The van der Waals surface area contributed by atoms with Crippen LogP contribution in [0, 0.1) is 0 Å². The van der Waals surface area contributed by atoms with E-state index in [4.69, 9.17) is 9.84 Å². The van der Waals surface area contributed by atoms with E-state index < -0.39 is 5.72 Å². The molecule has 2 aliphatic rings. The van der Waals surface area contributed by atoms with Gasteiger partial charge in [-0.05, 0) is 17.7 Å². The molecule has 4 aromatic rings. The number of rotatable bonds is 2. The molecule has 2 aliphatic heterocycles. The summed E-state index contributed by atoms with van der Waals surface area (Å²) in [7, 11) is 0. The molecule has 0 radical (unpaired) electrons. The largest absolute Gasteiger partial charge is 0.462 e. The van der Waals surface area contributed by atoms with Gasteiger partial charge in [-0.1, -0.05) is 66.7 Å². The van der Waals surface area contributed by atoms with Crippen molar-refractivity contribution in [3.05, 3.63) is 102 Å². The lowest BCUT2D eigenvalue weighted by molar-refractivity contribution is -0.111. The summed E-state index contributed by atoms with van der Waals surface area (Å²) in [5.74, 6) is 0.936. The van der Waals surface area contributed by atoms with Gasteiger partial charge in [0.1, 0.15) is 5.75 Å². The first-order valence-corrected chi connectivity index (χ1v) is 10.0. The minimum Gasteiger partial charge on any atom is -0.462 e. The van der Waals surface area contributed by atoms with Crippen LogP contribution in [0.5, 0.6) is 5.75 Å². The Balaban J connectivity index is 1.55. The van der Waals surface area contributed by atoms with Crippen molar-refractivity contribution in [3.63, 3.8) is 0 Å². The van der Waals surface area contributed by atoms with E-state index in [0.29, 0.717) is 0 Å². The molecule has 142 valence electrons. The zero-order valence-electron chi connectivity index (χ0n) is 16.2. The third kappa shape index (κ3) is 2.35. The molecule has 1 N–H and O–H groups in total. The number of hydrazone groups is 1. The highest BCUT2D eigenvalue weighted by atomic mass is 16.5. The van der Waals surface area contributed by atoms with Crippen molar-refractivity contribution in [2.24, 2.45) is 5.10 Å². The van der Waals surface area contributed by atoms with Gasteiger partial charge in [0.2, 0.25) is 5.72 Å². The van der Waals surface area contributed by atoms with E-state index in [1.54, 1.807) is 0 Å². The van der Waals surface area contributed by atoms with Gasteiger partial charge in [0.25, 0.3) is 0 Å². The van der Waals surface area contributed by atoms with Crippen LogP contribution in [0.2, 0.25) is 0 Å². The molecule has 2 unspecified atom stereocenters. The number of H-pyrrole nitrogens is 1. The van der Waals surface area contributed by atoms with Gasteiger partial charge in [-0.3, -0.25) is 0 Å². The average molecular weight is 379 g/mol. The van der Waals surface area contributed by atoms with E-state index >= 15 is 0 Å². The van der Waals surface area contributed by atoms with Crippen molar-refractivity contribution in [2.75, 3.05) is 0 Å². The van der Waals surface area contributed by atoms with Gasteiger partial charge in [0.05, 0.1) is 11.8 Å². The zero-order chi connectivity index (χ0) is 19.4. The number of nitrogens with zero attached hydrogens (tertiary/aromatic N) is 2. The lowest BCUT2D eigenvalue weighted by Gasteiger charge is -2.45. The standard InChI is InChI=1S/C25H21N3O/c1-25(20-16-26-21-13-7-5-11-18(20)21)28-23(19-12-6-8-14-24(19)29-25)15-22(27-28)17-9-3-2-4-10-17/h2-14,16,23,26H,15H2,1H3. The molecule has 3 heterocycles.